The van der Waals surface area contributed by atoms with Gasteiger partial charge < -0.3 is 10.1 Å². The van der Waals surface area contributed by atoms with E-state index in [2.05, 4.69) is 69.8 Å². The minimum absolute atomic E-state index is 0.0208. The van der Waals surface area contributed by atoms with Crippen LogP contribution in [0.3, 0.4) is 0 Å². The molecule has 1 fully saturated rings. The minimum Gasteiger partial charge on any atom is -0.388 e. The third kappa shape index (κ3) is 2.17. The highest BCUT2D eigenvalue weighted by Crippen LogP contribution is 2.39. The van der Waals surface area contributed by atoms with Crippen LogP contribution in [-0.4, -0.2) is 20.3 Å². The molecule has 0 atom stereocenters. The van der Waals surface area contributed by atoms with Crippen LogP contribution in [-0.2, 0) is 10.2 Å². The van der Waals surface area contributed by atoms with Crippen molar-refractivity contribution in [2.45, 2.75) is 5.41 Å². The van der Waals surface area contributed by atoms with Gasteiger partial charge in [0.1, 0.15) is 0 Å². The van der Waals surface area contributed by atoms with Crippen LogP contribution in [0.4, 0.5) is 5.69 Å². The maximum absolute atomic E-state index is 5.51. The maximum Gasteiger partial charge on any atom is 0.0669 e. The summed E-state index contributed by atoms with van der Waals surface area (Å²) in [5, 5.41) is 3.15. The summed E-state index contributed by atoms with van der Waals surface area (Å²) in [7, 11) is 1.94. The molecule has 1 saturated heterocycles. The van der Waals surface area contributed by atoms with Crippen LogP contribution in [0, 0.1) is 0 Å². The zero-order valence-corrected chi connectivity index (χ0v) is 12.4. The molecule has 2 aromatic carbocycles. The van der Waals surface area contributed by atoms with Gasteiger partial charge in [-0.3, -0.25) is 0 Å². The fourth-order valence-electron chi connectivity index (χ4n) is 2.53. The number of halogens is 1. The van der Waals surface area contributed by atoms with Crippen LogP contribution < -0.4 is 5.32 Å². The summed E-state index contributed by atoms with van der Waals surface area (Å²) in [6.45, 7) is 1.51. The monoisotopic (exact) mass is 317 g/mol. The van der Waals surface area contributed by atoms with Crippen molar-refractivity contribution >= 4 is 21.6 Å². The Labute approximate surface area is 121 Å². The number of hydrogen-bond donors (Lipinski definition) is 1. The predicted molar refractivity (Wildman–Crippen MR) is 81.7 cm³/mol. The highest BCUT2D eigenvalue weighted by molar-refractivity contribution is 9.10. The summed E-state index contributed by atoms with van der Waals surface area (Å²) in [5.41, 5.74) is 3.79. The van der Waals surface area contributed by atoms with Gasteiger partial charge in [-0.15, -0.1) is 0 Å². The molecule has 0 radical (unpaired) electrons. The minimum atomic E-state index is 0.0208. The van der Waals surface area contributed by atoms with Gasteiger partial charge >= 0.3 is 0 Å². The topological polar surface area (TPSA) is 21.3 Å². The predicted octanol–water partition coefficient (Wildman–Crippen LogP) is 3.81. The Morgan fingerprint density at radius 1 is 0.947 bits per heavy atom. The Hall–Kier alpha value is -1.32. The standard InChI is InChI=1S/C16H16BrNO/c1-18-15-8-4-13(5-9-15)16(10-19-11-16)12-2-6-14(17)7-3-12/h2-9,18H,10-11H2,1H3. The van der Waals surface area contributed by atoms with Gasteiger partial charge in [0.2, 0.25) is 0 Å². The van der Waals surface area contributed by atoms with E-state index >= 15 is 0 Å². The van der Waals surface area contributed by atoms with Crippen molar-refractivity contribution < 1.29 is 4.74 Å². The first-order valence-corrected chi connectivity index (χ1v) is 7.16. The lowest BCUT2D eigenvalue weighted by atomic mass is 9.73. The van der Waals surface area contributed by atoms with E-state index in [1.807, 2.05) is 7.05 Å². The van der Waals surface area contributed by atoms with Gasteiger partial charge in [0, 0.05) is 17.2 Å². The second kappa shape index (κ2) is 4.99. The van der Waals surface area contributed by atoms with Gasteiger partial charge in [0.05, 0.1) is 18.6 Å². The smallest absolute Gasteiger partial charge is 0.0669 e. The molecule has 1 aliphatic rings. The van der Waals surface area contributed by atoms with E-state index in [4.69, 9.17) is 4.74 Å². The van der Waals surface area contributed by atoms with Gasteiger partial charge in [-0.1, -0.05) is 40.2 Å². The van der Waals surface area contributed by atoms with E-state index in [9.17, 15) is 0 Å². The molecule has 1 heterocycles. The van der Waals surface area contributed by atoms with E-state index in [0.29, 0.717) is 0 Å². The van der Waals surface area contributed by atoms with Gasteiger partial charge in [-0.25, -0.2) is 0 Å². The lowest BCUT2D eigenvalue weighted by Crippen LogP contribution is -2.47. The summed E-state index contributed by atoms with van der Waals surface area (Å²) in [6.07, 6.45) is 0. The van der Waals surface area contributed by atoms with Gasteiger partial charge in [-0.05, 0) is 35.4 Å². The number of benzene rings is 2. The molecule has 3 heteroatoms. The Balaban J connectivity index is 2.00. The highest BCUT2D eigenvalue weighted by Gasteiger charge is 2.41. The average Bonchev–Trinajstić information content (AvgIpc) is 2.40. The van der Waals surface area contributed by atoms with Crippen molar-refractivity contribution in [2.24, 2.45) is 0 Å². The van der Waals surface area contributed by atoms with E-state index in [0.717, 1.165) is 23.4 Å². The molecule has 0 amide bonds. The number of nitrogens with one attached hydrogen (secondary N) is 1. The molecule has 98 valence electrons. The summed E-state index contributed by atoms with van der Waals surface area (Å²) < 4.78 is 6.62. The van der Waals surface area contributed by atoms with Crippen molar-refractivity contribution in [1.82, 2.24) is 0 Å². The lowest BCUT2D eigenvalue weighted by molar-refractivity contribution is -0.0379. The molecule has 3 rings (SSSR count). The molecule has 2 nitrogen and oxygen atoms in total. The molecule has 2 aromatic rings. The van der Waals surface area contributed by atoms with E-state index in [1.54, 1.807) is 0 Å². The molecule has 0 aliphatic carbocycles. The van der Waals surface area contributed by atoms with Gasteiger partial charge in [0.15, 0.2) is 0 Å². The fourth-order valence-corrected chi connectivity index (χ4v) is 2.80. The highest BCUT2D eigenvalue weighted by atomic mass is 79.9. The SMILES string of the molecule is CNc1ccc(C2(c3ccc(Br)cc3)COC2)cc1. The number of anilines is 1. The second-order valence-electron chi connectivity index (χ2n) is 4.91. The Morgan fingerprint density at radius 2 is 1.47 bits per heavy atom. The van der Waals surface area contributed by atoms with Crippen molar-refractivity contribution in [2.75, 3.05) is 25.6 Å². The maximum atomic E-state index is 5.51. The first-order chi connectivity index (χ1) is 9.24. The zero-order valence-electron chi connectivity index (χ0n) is 10.8. The molecule has 1 aliphatic heterocycles. The van der Waals surface area contributed by atoms with Crippen LogP contribution in [0.2, 0.25) is 0 Å². The van der Waals surface area contributed by atoms with E-state index < -0.39 is 0 Å². The van der Waals surface area contributed by atoms with Crippen molar-refractivity contribution in [3.05, 3.63) is 64.1 Å². The first-order valence-electron chi connectivity index (χ1n) is 6.37. The molecule has 0 spiro atoms. The molecule has 0 bridgehead atoms. The normalized spacial score (nSPS) is 16.7. The van der Waals surface area contributed by atoms with E-state index in [1.165, 1.54) is 11.1 Å². The van der Waals surface area contributed by atoms with Crippen LogP contribution in [0.25, 0.3) is 0 Å². The fraction of sp³-hybridized carbons (Fsp3) is 0.250. The van der Waals surface area contributed by atoms with Crippen molar-refractivity contribution in [1.29, 1.82) is 0 Å². The molecule has 1 N–H and O–H groups in total. The lowest BCUT2D eigenvalue weighted by Gasteiger charge is -2.42. The van der Waals surface area contributed by atoms with E-state index in [-0.39, 0.29) is 5.41 Å². The Morgan fingerprint density at radius 3 is 1.89 bits per heavy atom. The van der Waals surface area contributed by atoms with Crippen LogP contribution in [0.1, 0.15) is 11.1 Å². The van der Waals surface area contributed by atoms with Crippen molar-refractivity contribution in [3.63, 3.8) is 0 Å². The first kappa shape index (κ1) is 12.7. The molecule has 0 saturated carbocycles. The molecule has 0 aromatic heterocycles. The second-order valence-corrected chi connectivity index (χ2v) is 5.82. The molecular weight excluding hydrogens is 302 g/mol. The Bertz CT molecular complexity index is 558. The third-order valence-electron chi connectivity index (χ3n) is 3.82. The molecular formula is C16H16BrNO. The summed E-state index contributed by atoms with van der Waals surface area (Å²) in [5.74, 6) is 0. The summed E-state index contributed by atoms with van der Waals surface area (Å²) in [4.78, 5) is 0. The number of rotatable bonds is 3. The Kier molecular flexibility index (Phi) is 3.33. The molecule has 0 unspecified atom stereocenters. The largest absolute Gasteiger partial charge is 0.388 e. The third-order valence-corrected chi connectivity index (χ3v) is 4.35. The average molecular weight is 318 g/mol. The van der Waals surface area contributed by atoms with Gasteiger partial charge in [-0.2, -0.15) is 0 Å². The van der Waals surface area contributed by atoms with Crippen molar-refractivity contribution in [3.8, 4) is 0 Å². The summed E-state index contributed by atoms with van der Waals surface area (Å²) in [6, 6.07) is 17.2. The molecule has 19 heavy (non-hydrogen) atoms. The van der Waals surface area contributed by atoms with Crippen LogP contribution in [0.15, 0.2) is 53.0 Å². The number of ether oxygens (including phenoxy) is 1. The number of hydrogen-bond acceptors (Lipinski definition) is 2. The quantitative estimate of drug-likeness (QED) is 0.929. The zero-order chi connectivity index (χ0) is 13.3. The van der Waals surface area contributed by atoms with Gasteiger partial charge in [0.25, 0.3) is 0 Å². The summed E-state index contributed by atoms with van der Waals surface area (Å²) >= 11 is 3.49. The van der Waals surface area contributed by atoms with Crippen LogP contribution >= 0.6 is 15.9 Å². The van der Waals surface area contributed by atoms with Crippen LogP contribution in [0.5, 0.6) is 0 Å².